The molecule has 3 atom stereocenters. The van der Waals surface area contributed by atoms with Crippen LogP contribution in [0.15, 0.2) is 59.6 Å². The van der Waals surface area contributed by atoms with E-state index in [9.17, 15) is 5.11 Å². The van der Waals surface area contributed by atoms with Gasteiger partial charge >= 0.3 is 0 Å². The van der Waals surface area contributed by atoms with Crippen LogP contribution in [0.2, 0.25) is 0 Å². The summed E-state index contributed by atoms with van der Waals surface area (Å²) in [7, 11) is 1.64. The second-order valence-electron chi connectivity index (χ2n) is 8.86. The Morgan fingerprint density at radius 2 is 1.78 bits per heavy atom. The molecule has 0 amide bonds. The summed E-state index contributed by atoms with van der Waals surface area (Å²) in [5.41, 5.74) is 2.25. The molecule has 32 heavy (non-hydrogen) atoms. The van der Waals surface area contributed by atoms with Crippen molar-refractivity contribution in [2.24, 2.45) is 4.99 Å². The van der Waals surface area contributed by atoms with Crippen molar-refractivity contribution in [3.8, 4) is 5.75 Å². The number of methoxy groups -OCH3 is 1. The van der Waals surface area contributed by atoms with Crippen molar-refractivity contribution < 1.29 is 9.84 Å². The van der Waals surface area contributed by atoms with E-state index in [-0.39, 0.29) is 0 Å². The normalized spacial score (nSPS) is 24.2. The first-order valence-corrected chi connectivity index (χ1v) is 11.8. The Bertz CT molecular complexity index is 857. The van der Waals surface area contributed by atoms with E-state index < -0.39 is 6.10 Å². The molecule has 2 aliphatic rings. The summed E-state index contributed by atoms with van der Waals surface area (Å²) in [4.78, 5) is 7.38. The fourth-order valence-corrected chi connectivity index (χ4v) is 5.07. The maximum Gasteiger partial charge on any atom is 0.191 e. The van der Waals surface area contributed by atoms with E-state index in [1.54, 1.807) is 7.11 Å². The van der Waals surface area contributed by atoms with Crippen molar-refractivity contribution in [3.63, 3.8) is 0 Å². The Hall–Kier alpha value is -2.57. The number of nitrogens with zero attached hydrogens (tertiary/aromatic N) is 2. The molecule has 2 aromatic rings. The molecule has 3 unspecified atom stereocenters. The summed E-state index contributed by atoms with van der Waals surface area (Å²) >= 11 is 0. The van der Waals surface area contributed by atoms with Gasteiger partial charge in [-0.1, -0.05) is 42.5 Å². The molecule has 3 N–H and O–H groups in total. The molecule has 172 valence electrons. The highest BCUT2D eigenvalue weighted by molar-refractivity contribution is 5.80. The molecule has 2 aromatic carbocycles. The van der Waals surface area contributed by atoms with E-state index in [1.165, 1.54) is 18.4 Å². The number of rotatable bonds is 8. The zero-order chi connectivity index (χ0) is 22.3. The Morgan fingerprint density at radius 3 is 2.41 bits per heavy atom. The molecule has 2 aliphatic heterocycles. The third-order valence-corrected chi connectivity index (χ3v) is 6.70. The van der Waals surface area contributed by atoms with Crippen LogP contribution in [0.1, 0.15) is 49.8 Å². The molecule has 4 rings (SSSR count). The summed E-state index contributed by atoms with van der Waals surface area (Å²) in [5, 5.41) is 17.6. The van der Waals surface area contributed by atoms with E-state index in [2.05, 4.69) is 57.8 Å². The van der Waals surface area contributed by atoms with Crippen LogP contribution >= 0.6 is 0 Å². The zero-order valence-electron chi connectivity index (χ0n) is 19.2. The lowest BCUT2D eigenvalue weighted by Crippen LogP contribution is -2.52. The molecule has 2 saturated heterocycles. The smallest absolute Gasteiger partial charge is 0.191 e. The minimum Gasteiger partial charge on any atom is -0.497 e. The van der Waals surface area contributed by atoms with Crippen LogP contribution in [0.25, 0.3) is 0 Å². The molecule has 0 saturated carbocycles. The van der Waals surface area contributed by atoms with Gasteiger partial charge in [-0.05, 0) is 55.9 Å². The Balaban J connectivity index is 1.34. The van der Waals surface area contributed by atoms with Crippen LogP contribution in [0, 0.1) is 0 Å². The summed E-state index contributed by atoms with van der Waals surface area (Å²) in [6.45, 7) is 4.24. The van der Waals surface area contributed by atoms with Gasteiger partial charge in [0.25, 0.3) is 0 Å². The molecule has 0 aliphatic carbocycles. The summed E-state index contributed by atoms with van der Waals surface area (Å²) in [6, 6.07) is 20.0. The molecule has 0 spiro atoms. The maximum atomic E-state index is 10.6. The lowest BCUT2D eigenvalue weighted by Gasteiger charge is -2.39. The minimum atomic E-state index is -0.639. The lowest BCUT2D eigenvalue weighted by molar-refractivity contribution is 0.114. The van der Waals surface area contributed by atoms with Gasteiger partial charge in [0.05, 0.1) is 19.8 Å². The fraction of sp³-hybridized carbons (Fsp3) is 0.500. The van der Waals surface area contributed by atoms with Crippen molar-refractivity contribution in [1.29, 1.82) is 0 Å². The third-order valence-electron chi connectivity index (χ3n) is 6.70. The number of benzene rings is 2. The zero-order valence-corrected chi connectivity index (χ0v) is 19.2. The number of aliphatic hydroxyl groups excluding tert-OH is 1. The number of hydrogen-bond donors (Lipinski definition) is 3. The summed E-state index contributed by atoms with van der Waals surface area (Å²) in [6.07, 6.45) is 4.18. The SMILES string of the molecule is CCNC(=NCC(O)c1ccc(OC)cc1)NC1CC2CCC(C1)N2Cc1ccccc1. The van der Waals surface area contributed by atoms with Crippen LogP contribution in [0.5, 0.6) is 5.75 Å². The second-order valence-corrected chi connectivity index (χ2v) is 8.86. The first-order chi connectivity index (χ1) is 15.7. The van der Waals surface area contributed by atoms with E-state index in [4.69, 9.17) is 4.74 Å². The summed E-state index contributed by atoms with van der Waals surface area (Å²) < 4.78 is 5.19. The van der Waals surface area contributed by atoms with Crippen molar-refractivity contribution in [2.45, 2.75) is 63.4 Å². The second kappa shape index (κ2) is 10.8. The van der Waals surface area contributed by atoms with E-state index >= 15 is 0 Å². The van der Waals surface area contributed by atoms with E-state index in [1.807, 2.05) is 24.3 Å². The predicted octanol–water partition coefficient (Wildman–Crippen LogP) is 3.48. The van der Waals surface area contributed by atoms with Crippen LogP contribution in [0.4, 0.5) is 0 Å². The number of guanidine groups is 1. The van der Waals surface area contributed by atoms with E-state index in [0.29, 0.717) is 24.7 Å². The largest absolute Gasteiger partial charge is 0.497 e. The standard InChI is InChI=1S/C26H36N4O2/c1-3-27-26(28-17-25(31)20-9-13-24(32-2)14-10-20)29-21-15-22-11-12-23(16-21)30(22)18-19-7-5-4-6-8-19/h4-10,13-14,21-23,25,31H,3,11-12,15-18H2,1-2H3,(H2,27,28,29). The monoisotopic (exact) mass is 436 g/mol. The Morgan fingerprint density at radius 1 is 1.09 bits per heavy atom. The van der Waals surface area contributed by atoms with Crippen LogP contribution in [-0.2, 0) is 6.54 Å². The molecular weight excluding hydrogens is 400 g/mol. The van der Waals surface area contributed by atoms with Crippen LogP contribution in [-0.4, -0.2) is 54.3 Å². The average molecular weight is 437 g/mol. The minimum absolute atomic E-state index is 0.321. The summed E-state index contributed by atoms with van der Waals surface area (Å²) in [5.74, 6) is 1.58. The predicted molar refractivity (Wildman–Crippen MR) is 129 cm³/mol. The molecule has 0 aromatic heterocycles. The van der Waals surface area contributed by atoms with Gasteiger partial charge in [-0.3, -0.25) is 9.89 Å². The first-order valence-electron chi connectivity index (χ1n) is 11.8. The Kier molecular flexibility index (Phi) is 7.66. The van der Waals surface area contributed by atoms with Crippen molar-refractivity contribution >= 4 is 5.96 Å². The molecular formula is C26H36N4O2. The van der Waals surface area contributed by atoms with Gasteiger partial charge < -0.3 is 20.5 Å². The topological polar surface area (TPSA) is 69.1 Å². The Labute approximate surface area is 191 Å². The lowest BCUT2D eigenvalue weighted by atomic mass is 9.96. The van der Waals surface area contributed by atoms with Gasteiger partial charge in [0, 0.05) is 31.2 Å². The molecule has 0 radical (unpaired) electrons. The molecule has 2 fully saturated rings. The van der Waals surface area contributed by atoms with Gasteiger partial charge in [0.2, 0.25) is 0 Å². The number of nitrogens with one attached hydrogen (secondary N) is 2. The number of aliphatic hydroxyl groups is 1. The van der Waals surface area contributed by atoms with Gasteiger partial charge in [-0.25, -0.2) is 0 Å². The maximum absolute atomic E-state index is 10.6. The van der Waals surface area contributed by atoms with Crippen molar-refractivity contribution in [1.82, 2.24) is 15.5 Å². The van der Waals surface area contributed by atoms with Crippen molar-refractivity contribution in [3.05, 3.63) is 65.7 Å². The highest BCUT2D eigenvalue weighted by Crippen LogP contribution is 2.36. The molecule has 6 heteroatoms. The van der Waals surface area contributed by atoms with Crippen molar-refractivity contribution in [2.75, 3.05) is 20.2 Å². The van der Waals surface area contributed by atoms with Gasteiger partial charge in [0.15, 0.2) is 5.96 Å². The highest BCUT2D eigenvalue weighted by Gasteiger charge is 2.40. The molecule has 6 nitrogen and oxygen atoms in total. The number of piperidine rings is 1. The van der Waals surface area contributed by atoms with Gasteiger partial charge in [0.1, 0.15) is 5.75 Å². The molecule has 2 heterocycles. The first kappa shape index (κ1) is 22.6. The average Bonchev–Trinajstić information content (AvgIpc) is 3.05. The van der Waals surface area contributed by atoms with Gasteiger partial charge in [-0.2, -0.15) is 0 Å². The van der Waals surface area contributed by atoms with Crippen LogP contribution in [0.3, 0.4) is 0 Å². The number of ether oxygens (including phenoxy) is 1. The highest BCUT2D eigenvalue weighted by atomic mass is 16.5. The fourth-order valence-electron chi connectivity index (χ4n) is 5.07. The number of hydrogen-bond acceptors (Lipinski definition) is 4. The van der Waals surface area contributed by atoms with E-state index in [0.717, 1.165) is 43.2 Å². The molecule has 2 bridgehead atoms. The quantitative estimate of drug-likeness (QED) is 0.437. The number of aliphatic imine (C=N–C) groups is 1. The number of fused-ring (bicyclic) bond motifs is 2. The van der Waals surface area contributed by atoms with Gasteiger partial charge in [-0.15, -0.1) is 0 Å². The third kappa shape index (κ3) is 5.61. The van der Waals surface area contributed by atoms with Crippen LogP contribution < -0.4 is 15.4 Å².